The number of carbonyl (C=O) groups is 1. The Labute approximate surface area is 198 Å². The monoisotopic (exact) mass is 489 g/mol. The lowest BCUT2D eigenvalue weighted by atomic mass is 9.98. The fraction of sp³-hybridized carbons (Fsp3) is 0.435. The number of halogens is 2. The quantitative estimate of drug-likeness (QED) is 0.559. The highest BCUT2D eigenvalue weighted by Crippen LogP contribution is 2.40. The van der Waals surface area contributed by atoms with Gasteiger partial charge in [0.25, 0.3) is 5.91 Å². The van der Waals surface area contributed by atoms with Crippen LogP contribution in [0.3, 0.4) is 0 Å². The molecule has 1 aliphatic heterocycles. The highest BCUT2D eigenvalue weighted by atomic mass is 35.5. The zero-order valence-corrected chi connectivity index (χ0v) is 20.0. The third-order valence-corrected chi connectivity index (χ3v) is 7.10. The number of nitrogens with one attached hydrogen (secondary N) is 1. The van der Waals surface area contributed by atoms with Gasteiger partial charge in [0.05, 0.1) is 28.0 Å². The van der Waals surface area contributed by atoms with E-state index in [-0.39, 0.29) is 28.2 Å². The minimum absolute atomic E-state index is 0.105. The number of hydrogen-bond acceptors (Lipinski definition) is 4. The van der Waals surface area contributed by atoms with E-state index in [9.17, 15) is 13.4 Å². The van der Waals surface area contributed by atoms with Crippen molar-refractivity contribution in [3.05, 3.63) is 57.8 Å². The molecule has 2 fully saturated rings. The molecule has 1 saturated carbocycles. The van der Waals surface area contributed by atoms with Crippen molar-refractivity contribution < 1.29 is 13.4 Å². The van der Waals surface area contributed by atoms with E-state index in [0.29, 0.717) is 12.5 Å². The number of anilines is 1. The molecule has 2 aromatic heterocycles. The fourth-order valence-electron chi connectivity index (χ4n) is 4.53. The smallest absolute Gasteiger partial charge is 0.256 e. The number of amides is 1. The Morgan fingerprint density at radius 2 is 2.00 bits per heavy atom. The Balaban J connectivity index is 1.52. The summed E-state index contributed by atoms with van der Waals surface area (Å²) in [6.45, 7) is 2.54. The van der Waals surface area contributed by atoms with E-state index in [4.69, 9.17) is 21.7 Å². The zero-order valence-electron chi connectivity index (χ0n) is 18.5. The molecule has 0 bridgehead atoms. The highest BCUT2D eigenvalue weighted by Gasteiger charge is 2.33. The highest BCUT2D eigenvalue weighted by molar-refractivity contribution is 7.85. The number of fused-ring (bicyclic) bond motifs is 1. The number of aromatic nitrogens is 3. The fourth-order valence-corrected chi connectivity index (χ4v) is 5.17. The van der Waals surface area contributed by atoms with Gasteiger partial charge in [0.2, 0.25) is 0 Å². The van der Waals surface area contributed by atoms with E-state index in [1.807, 2.05) is 17.5 Å². The van der Waals surface area contributed by atoms with Crippen molar-refractivity contribution in [3.8, 4) is 0 Å². The van der Waals surface area contributed by atoms with E-state index in [1.54, 1.807) is 4.90 Å². The van der Waals surface area contributed by atoms with Gasteiger partial charge in [-0.1, -0.05) is 11.6 Å². The van der Waals surface area contributed by atoms with Crippen LogP contribution in [-0.4, -0.2) is 42.4 Å². The molecule has 33 heavy (non-hydrogen) atoms. The lowest BCUT2D eigenvalue weighted by Crippen LogP contribution is -2.39. The second kappa shape index (κ2) is 8.68. The molecule has 1 aromatic carbocycles. The van der Waals surface area contributed by atoms with Crippen LogP contribution in [0.5, 0.6) is 0 Å². The van der Waals surface area contributed by atoms with Gasteiger partial charge in [-0.15, -0.1) is 0 Å². The molecule has 174 valence electrons. The van der Waals surface area contributed by atoms with Crippen LogP contribution in [0.2, 0.25) is 5.02 Å². The Morgan fingerprint density at radius 1 is 1.21 bits per heavy atom. The predicted molar refractivity (Wildman–Crippen MR) is 126 cm³/mol. The molecular formula is C23H25ClFN5O2S. The van der Waals surface area contributed by atoms with E-state index in [1.165, 1.54) is 31.2 Å². The third-order valence-electron chi connectivity index (χ3n) is 6.32. The first-order valence-electron chi connectivity index (χ1n) is 11.1. The first-order valence-corrected chi connectivity index (χ1v) is 13.0. The molecule has 7 nitrogen and oxygen atoms in total. The molecule has 1 amide bonds. The first kappa shape index (κ1) is 22.3. The molecule has 2 atom stereocenters. The molecule has 2 aliphatic rings. The molecule has 3 heterocycles. The molecule has 10 heteroatoms. The lowest BCUT2D eigenvalue weighted by molar-refractivity contribution is 0.0606. The van der Waals surface area contributed by atoms with Crippen molar-refractivity contribution in [2.75, 3.05) is 17.5 Å². The van der Waals surface area contributed by atoms with Gasteiger partial charge in [0, 0.05) is 36.2 Å². The summed E-state index contributed by atoms with van der Waals surface area (Å²) in [7, 11) is -1.57. The normalized spacial score (nSPS) is 19.6. The number of piperidine rings is 1. The second-order valence-corrected chi connectivity index (χ2v) is 10.3. The predicted octanol–water partition coefficient (Wildman–Crippen LogP) is 4.78. The Kier molecular flexibility index (Phi) is 5.86. The number of benzene rings is 1. The molecule has 0 spiro atoms. The maximum absolute atomic E-state index is 14.7. The molecule has 1 unspecified atom stereocenters. The van der Waals surface area contributed by atoms with Gasteiger partial charge >= 0.3 is 0 Å². The lowest BCUT2D eigenvalue weighted by Gasteiger charge is -2.35. The van der Waals surface area contributed by atoms with Gasteiger partial charge in [0.15, 0.2) is 11.5 Å². The average molecular weight is 490 g/mol. The zero-order chi connectivity index (χ0) is 23.3. The van der Waals surface area contributed by atoms with Crippen LogP contribution in [0.15, 0.2) is 24.3 Å². The van der Waals surface area contributed by atoms with Gasteiger partial charge in [-0.3, -0.25) is 4.79 Å². The topological polar surface area (TPSA) is 79.6 Å². The average Bonchev–Trinajstić information content (AvgIpc) is 3.55. The molecule has 3 aromatic rings. The van der Waals surface area contributed by atoms with Crippen LogP contribution in [-0.2, 0) is 11.0 Å². The van der Waals surface area contributed by atoms with Gasteiger partial charge < -0.3 is 9.62 Å². The summed E-state index contributed by atoms with van der Waals surface area (Å²) < 4.78 is 30.9. The maximum atomic E-state index is 14.7. The van der Waals surface area contributed by atoms with Crippen molar-refractivity contribution in [1.29, 1.82) is 0 Å². The molecule has 1 saturated heterocycles. The van der Waals surface area contributed by atoms with Crippen molar-refractivity contribution in [2.24, 2.45) is 0 Å². The van der Waals surface area contributed by atoms with Gasteiger partial charge in [0.1, 0.15) is 11.0 Å². The van der Waals surface area contributed by atoms with Crippen molar-refractivity contribution >= 4 is 39.8 Å². The number of likely N-dealkylation sites (tertiary alicyclic amines) is 1. The SMILES string of the molecule is Cc1cc(C2CC2)nc2cc([C@@H]3CCCCN3C(=O)c3ccc(Cl)c(F)c3NS(C)=O)nn12. The summed E-state index contributed by atoms with van der Waals surface area (Å²) in [5, 5.41) is 4.65. The van der Waals surface area contributed by atoms with E-state index < -0.39 is 16.8 Å². The van der Waals surface area contributed by atoms with E-state index in [2.05, 4.69) is 10.8 Å². The molecular weight excluding hydrogens is 465 g/mol. The largest absolute Gasteiger partial charge is 0.330 e. The Bertz CT molecular complexity index is 1280. The van der Waals surface area contributed by atoms with Crippen LogP contribution in [0, 0.1) is 12.7 Å². The van der Waals surface area contributed by atoms with Crippen LogP contribution in [0.4, 0.5) is 10.1 Å². The molecule has 5 rings (SSSR count). The summed E-state index contributed by atoms with van der Waals surface area (Å²) in [6, 6.07) is 6.62. The molecule has 1 aliphatic carbocycles. The van der Waals surface area contributed by atoms with Crippen molar-refractivity contribution in [2.45, 2.75) is 51.0 Å². The summed E-state index contributed by atoms with van der Waals surface area (Å²) >= 11 is 5.93. The first-order chi connectivity index (χ1) is 15.8. The Morgan fingerprint density at radius 3 is 2.73 bits per heavy atom. The maximum Gasteiger partial charge on any atom is 0.256 e. The second-order valence-electron chi connectivity index (χ2n) is 8.79. The van der Waals surface area contributed by atoms with E-state index >= 15 is 0 Å². The number of hydrogen-bond donors (Lipinski definition) is 1. The summed E-state index contributed by atoms with van der Waals surface area (Å²) in [6.07, 6.45) is 6.28. The standard InChI is InChI=1S/C23H25ClFN5O2S/c1-13-11-17(14-6-7-14)26-20-12-18(27-30(13)20)19-5-3-4-10-29(19)23(31)15-8-9-16(24)21(25)22(15)28-33(2)32/h8-9,11-12,14,19,28H,3-7,10H2,1-2H3/t19-,33?/m0/s1. The number of rotatable bonds is 5. The van der Waals surface area contributed by atoms with Crippen LogP contribution < -0.4 is 4.72 Å². The molecule has 0 radical (unpaired) electrons. The number of aryl methyl sites for hydroxylation is 1. The minimum atomic E-state index is -1.57. The minimum Gasteiger partial charge on any atom is -0.330 e. The number of nitrogens with zero attached hydrogens (tertiary/aromatic N) is 4. The van der Waals surface area contributed by atoms with Gasteiger partial charge in [-0.2, -0.15) is 5.10 Å². The van der Waals surface area contributed by atoms with Gasteiger partial charge in [-0.25, -0.2) is 18.1 Å². The summed E-state index contributed by atoms with van der Waals surface area (Å²) in [5.41, 5.74) is 3.63. The Hall–Kier alpha value is -2.52. The van der Waals surface area contributed by atoms with Crippen LogP contribution >= 0.6 is 11.6 Å². The van der Waals surface area contributed by atoms with Crippen LogP contribution in [0.25, 0.3) is 5.65 Å². The van der Waals surface area contributed by atoms with Crippen molar-refractivity contribution in [3.63, 3.8) is 0 Å². The molecule has 1 N–H and O–H groups in total. The van der Waals surface area contributed by atoms with Gasteiger partial charge in [-0.05, 0) is 57.2 Å². The number of carbonyl (C=O) groups excluding carboxylic acids is 1. The van der Waals surface area contributed by atoms with Crippen molar-refractivity contribution in [1.82, 2.24) is 19.5 Å². The summed E-state index contributed by atoms with van der Waals surface area (Å²) in [4.78, 5) is 20.1. The van der Waals surface area contributed by atoms with E-state index in [0.717, 1.165) is 42.0 Å². The van der Waals surface area contributed by atoms with Crippen LogP contribution in [0.1, 0.15) is 71.5 Å². The third kappa shape index (κ3) is 4.24. The summed E-state index contributed by atoms with van der Waals surface area (Å²) in [5.74, 6) is -0.593.